The molecule has 0 aliphatic heterocycles. The second-order valence-corrected chi connectivity index (χ2v) is 3.90. The van der Waals surface area contributed by atoms with Crippen LogP contribution in [0.3, 0.4) is 0 Å². The number of nitrogens with two attached hydrogens (primary N) is 1. The summed E-state index contributed by atoms with van der Waals surface area (Å²) >= 11 is 0. The number of aliphatic hydroxyl groups excluding tert-OH is 1. The molecule has 1 atom stereocenters. The number of nitrogens with one attached hydrogen (secondary N) is 1. The van der Waals surface area contributed by atoms with Crippen LogP contribution in [0.2, 0.25) is 0 Å². The minimum absolute atomic E-state index is 0. The van der Waals surface area contributed by atoms with Crippen LogP contribution in [0.15, 0.2) is 24.3 Å². The first kappa shape index (κ1) is 15.9. The van der Waals surface area contributed by atoms with Crippen molar-refractivity contribution < 1.29 is 9.90 Å². The van der Waals surface area contributed by atoms with Gasteiger partial charge in [-0.2, -0.15) is 0 Å². The topological polar surface area (TPSA) is 75.4 Å². The number of rotatable bonds is 5. The molecule has 4 nitrogen and oxygen atoms in total. The van der Waals surface area contributed by atoms with Crippen molar-refractivity contribution >= 4 is 24.0 Å². The summed E-state index contributed by atoms with van der Waals surface area (Å²) in [6.45, 7) is 1.93. The number of halogens is 1. The lowest BCUT2D eigenvalue weighted by Crippen LogP contribution is -2.23. The van der Waals surface area contributed by atoms with E-state index in [-0.39, 0.29) is 31.0 Å². The van der Waals surface area contributed by atoms with Gasteiger partial charge >= 0.3 is 0 Å². The highest BCUT2D eigenvalue weighted by Crippen LogP contribution is 2.10. The van der Waals surface area contributed by atoms with Crippen LogP contribution in [0.25, 0.3) is 0 Å². The van der Waals surface area contributed by atoms with Gasteiger partial charge in [0.1, 0.15) is 0 Å². The minimum Gasteiger partial charge on any atom is -0.396 e. The second-order valence-electron chi connectivity index (χ2n) is 3.90. The second kappa shape index (κ2) is 8.06. The molecule has 0 spiro atoms. The zero-order valence-electron chi connectivity index (χ0n) is 9.85. The van der Waals surface area contributed by atoms with Crippen molar-refractivity contribution in [1.82, 2.24) is 0 Å². The molecule has 0 aliphatic carbocycles. The molecule has 1 unspecified atom stereocenters. The number of carbonyl (C=O) groups excluding carboxylic acids is 1. The third-order valence-corrected chi connectivity index (χ3v) is 2.15. The van der Waals surface area contributed by atoms with E-state index < -0.39 is 0 Å². The Bertz CT molecular complexity index is 339. The van der Waals surface area contributed by atoms with Gasteiger partial charge in [0.25, 0.3) is 0 Å². The molecule has 1 rings (SSSR count). The summed E-state index contributed by atoms with van der Waals surface area (Å²) < 4.78 is 0. The lowest BCUT2D eigenvalue weighted by atomic mass is 10.1. The van der Waals surface area contributed by atoms with E-state index in [4.69, 9.17) is 10.8 Å². The largest absolute Gasteiger partial charge is 0.396 e. The van der Waals surface area contributed by atoms with Crippen molar-refractivity contribution in [2.45, 2.75) is 25.8 Å². The quantitative estimate of drug-likeness (QED) is 0.746. The Hall–Kier alpha value is -1.10. The summed E-state index contributed by atoms with van der Waals surface area (Å²) in [6, 6.07) is 7.29. The van der Waals surface area contributed by atoms with E-state index in [9.17, 15) is 4.79 Å². The minimum atomic E-state index is -0.131. The Morgan fingerprint density at radius 1 is 1.41 bits per heavy atom. The summed E-state index contributed by atoms with van der Waals surface area (Å²) in [7, 11) is 0. The number of hydrogen-bond acceptors (Lipinski definition) is 3. The molecular formula is C12H19ClN2O2. The first-order valence-electron chi connectivity index (χ1n) is 5.37. The predicted octanol–water partition coefficient (Wildman–Crippen LogP) is 1.32. The molecule has 17 heavy (non-hydrogen) atoms. The van der Waals surface area contributed by atoms with Crippen LogP contribution in [-0.2, 0) is 11.2 Å². The maximum absolute atomic E-state index is 11.4. The summed E-state index contributed by atoms with van der Waals surface area (Å²) in [5.41, 5.74) is 7.33. The van der Waals surface area contributed by atoms with Gasteiger partial charge in [0.2, 0.25) is 5.91 Å². The van der Waals surface area contributed by atoms with Crippen LogP contribution in [0.1, 0.15) is 18.9 Å². The molecular weight excluding hydrogens is 240 g/mol. The molecule has 0 aromatic heterocycles. The van der Waals surface area contributed by atoms with E-state index in [0.717, 1.165) is 11.3 Å². The van der Waals surface area contributed by atoms with Gasteiger partial charge in [0.05, 0.1) is 0 Å². The average Bonchev–Trinajstić information content (AvgIpc) is 2.20. The maximum Gasteiger partial charge on any atom is 0.225 e. The molecule has 0 saturated carbocycles. The Labute approximate surface area is 108 Å². The van der Waals surface area contributed by atoms with Crippen molar-refractivity contribution in [2.75, 3.05) is 11.9 Å². The Morgan fingerprint density at radius 2 is 2.00 bits per heavy atom. The molecule has 0 heterocycles. The van der Waals surface area contributed by atoms with Gasteiger partial charge < -0.3 is 16.2 Å². The van der Waals surface area contributed by atoms with E-state index in [1.54, 1.807) is 6.92 Å². The molecule has 4 N–H and O–H groups in total. The normalized spacial score (nSPS) is 11.5. The van der Waals surface area contributed by atoms with Crippen molar-refractivity contribution in [2.24, 2.45) is 5.73 Å². The number of anilines is 1. The Balaban J connectivity index is 0.00000256. The standard InChI is InChI=1S/C12H18N2O2.ClH/c1-9(13)8-12(16)14-11-4-2-10(3-5-11)6-7-15;/h2-5,9,15H,6-8,13H2,1H3,(H,14,16);1H. The smallest absolute Gasteiger partial charge is 0.225 e. The number of aliphatic hydroxyl groups is 1. The number of benzene rings is 1. The molecule has 96 valence electrons. The van der Waals surface area contributed by atoms with E-state index in [0.29, 0.717) is 12.8 Å². The van der Waals surface area contributed by atoms with Crippen LogP contribution >= 0.6 is 12.4 Å². The van der Waals surface area contributed by atoms with Crippen molar-refractivity contribution in [3.05, 3.63) is 29.8 Å². The van der Waals surface area contributed by atoms with Crippen LogP contribution in [0, 0.1) is 0 Å². The molecule has 0 fully saturated rings. The molecule has 5 heteroatoms. The first-order chi connectivity index (χ1) is 7.61. The number of amides is 1. The molecule has 1 aromatic rings. The highest BCUT2D eigenvalue weighted by molar-refractivity contribution is 5.91. The van der Waals surface area contributed by atoms with Gasteiger partial charge in [0, 0.05) is 24.8 Å². The highest BCUT2D eigenvalue weighted by atomic mass is 35.5. The maximum atomic E-state index is 11.4. The predicted molar refractivity (Wildman–Crippen MR) is 71.4 cm³/mol. The van der Waals surface area contributed by atoms with Gasteiger partial charge in [-0.25, -0.2) is 0 Å². The molecule has 0 saturated heterocycles. The first-order valence-corrected chi connectivity index (χ1v) is 5.37. The number of carbonyl (C=O) groups is 1. The third kappa shape index (κ3) is 6.26. The molecule has 1 amide bonds. The van der Waals surface area contributed by atoms with Crippen molar-refractivity contribution in [3.8, 4) is 0 Å². The lowest BCUT2D eigenvalue weighted by Gasteiger charge is -2.07. The zero-order chi connectivity index (χ0) is 12.0. The average molecular weight is 259 g/mol. The van der Waals surface area contributed by atoms with Gasteiger partial charge in [0.15, 0.2) is 0 Å². The fraction of sp³-hybridized carbons (Fsp3) is 0.417. The molecule has 1 aromatic carbocycles. The van der Waals surface area contributed by atoms with E-state index in [1.807, 2.05) is 24.3 Å². The van der Waals surface area contributed by atoms with E-state index >= 15 is 0 Å². The lowest BCUT2D eigenvalue weighted by molar-refractivity contribution is -0.116. The summed E-state index contributed by atoms with van der Waals surface area (Å²) in [4.78, 5) is 11.4. The summed E-state index contributed by atoms with van der Waals surface area (Å²) in [5.74, 6) is -0.0788. The van der Waals surface area contributed by atoms with Crippen LogP contribution in [0.5, 0.6) is 0 Å². The Kier molecular flexibility index (Phi) is 7.54. The SMILES string of the molecule is CC(N)CC(=O)Nc1ccc(CCO)cc1.Cl. The molecule has 0 bridgehead atoms. The number of hydrogen-bond donors (Lipinski definition) is 3. The van der Waals surface area contributed by atoms with Gasteiger partial charge in [-0.05, 0) is 31.0 Å². The van der Waals surface area contributed by atoms with Crippen LogP contribution in [-0.4, -0.2) is 23.7 Å². The van der Waals surface area contributed by atoms with Crippen molar-refractivity contribution in [3.63, 3.8) is 0 Å². The summed E-state index contributed by atoms with van der Waals surface area (Å²) in [5, 5.41) is 11.5. The molecule has 0 aliphatic rings. The fourth-order valence-electron chi connectivity index (χ4n) is 1.39. The van der Waals surface area contributed by atoms with E-state index in [2.05, 4.69) is 5.32 Å². The monoisotopic (exact) mass is 258 g/mol. The van der Waals surface area contributed by atoms with Crippen molar-refractivity contribution in [1.29, 1.82) is 0 Å². The van der Waals surface area contributed by atoms with Gasteiger partial charge in [-0.1, -0.05) is 12.1 Å². The zero-order valence-corrected chi connectivity index (χ0v) is 10.7. The van der Waals surface area contributed by atoms with Gasteiger partial charge in [-0.3, -0.25) is 4.79 Å². The third-order valence-electron chi connectivity index (χ3n) is 2.15. The van der Waals surface area contributed by atoms with E-state index in [1.165, 1.54) is 0 Å². The van der Waals surface area contributed by atoms with Crippen LogP contribution in [0.4, 0.5) is 5.69 Å². The fourth-order valence-corrected chi connectivity index (χ4v) is 1.39. The Morgan fingerprint density at radius 3 is 2.47 bits per heavy atom. The van der Waals surface area contributed by atoms with Crippen LogP contribution < -0.4 is 11.1 Å². The molecule has 0 radical (unpaired) electrons. The van der Waals surface area contributed by atoms with Gasteiger partial charge in [-0.15, -0.1) is 12.4 Å². The highest BCUT2D eigenvalue weighted by Gasteiger charge is 2.05. The summed E-state index contributed by atoms with van der Waals surface area (Å²) in [6.07, 6.45) is 0.951.